The van der Waals surface area contributed by atoms with Gasteiger partial charge in [-0.3, -0.25) is 14.4 Å². The van der Waals surface area contributed by atoms with Crippen LogP contribution in [0.15, 0.2) is 41.2 Å². The van der Waals surface area contributed by atoms with Crippen LogP contribution in [0.1, 0.15) is 56.4 Å². The number of fused-ring (bicyclic) bond motifs is 1. The zero-order chi connectivity index (χ0) is 23.6. The normalized spacial score (nSPS) is 12.4. The molecule has 1 aromatic heterocycles. The molecule has 0 bridgehead atoms. The van der Waals surface area contributed by atoms with Crippen molar-refractivity contribution in [2.75, 3.05) is 5.32 Å². The van der Waals surface area contributed by atoms with Gasteiger partial charge in [-0.2, -0.15) is 5.23 Å². The molecule has 1 atom stereocenters. The number of aromatic amines is 1. The molecule has 1 heterocycles. The molecule has 9 heteroatoms. The van der Waals surface area contributed by atoms with Gasteiger partial charge in [-0.05, 0) is 29.0 Å². The highest BCUT2D eigenvalue weighted by molar-refractivity contribution is 6.41. The van der Waals surface area contributed by atoms with Crippen molar-refractivity contribution in [3.63, 3.8) is 0 Å². The predicted octanol–water partition coefficient (Wildman–Crippen LogP) is 2.32. The van der Waals surface area contributed by atoms with Crippen LogP contribution < -0.4 is 16.1 Å². The summed E-state index contributed by atoms with van der Waals surface area (Å²) in [5, 5.41) is 21.8. The number of nitrogens with zero attached hydrogens (tertiary/aromatic N) is 1. The number of para-hydroxylation sites is 1. The average molecular weight is 438 g/mol. The maximum Gasteiger partial charge on any atom is 0.292 e. The molecule has 0 aliphatic rings. The Kier molecular flexibility index (Phi) is 6.83. The number of amides is 1. The molecule has 0 radical (unpaired) electrons. The summed E-state index contributed by atoms with van der Waals surface area (Å²) in [6.07, 6.45) is -0.474. The van der Waals surface area contributed by atoms with Gasteiger partial charge in [0, 0.05) is 17.8 Å². The quantitative estimate of drug-likeness (QED) is 0.330. The second-order valence-corrected chi connectivity index (χ2v) is 8.22. The summed E-state index contributed by atoms with van der Waals surface area (Å²) in [6.45, 7) is 8.02. The van der Waals surface area contributed by atoms with Crippen molar-refractivity contribution < 1.29 is 20.0 Å². The Balaban J connectivity index is 1.86. The highest BCUT2D eigenvalue weighted by Gasteiger charge is 2.22. The summed E-state index contributed by atoms with van der Waals surface area (Å²) in [4.78, 5) is 44.4. The van der Waals surface area contributed by atoms with E-state index in [1.54, 1.807) is 0 Å². The fourth-order valence-electron chi connectivity index (χ4n) is 3.49. The maximum atomic E-state index is 12.7. The van der Waals surface area contributed by atoms with E-state index in [9.17, 15) is 19.6 Å². The summed E-state index contributed by atoms with van der Waals surface area (Å²) in [6, 6.07) is 9.84. The predicted molar refractivity (Wildman–Crippen MR) is 120 cm³/mol. The van der Waals surface area contributed by atoms with Gasteiger partial charge in [0.25, 0.3) is 11.5 Å². The lowest BCUT2D eigenvalue weighted by atomic mass is 9.92. The van der Waals surface area contributed by atoms with Crippen molar-refractivity contribution in [3.8, 4) is 0 Å². The minimum Gasteiger partial charge on any atom is -0.595 e. The molecule has 0 fully saturated rings. The third-order valence-corrected chi connectivity index (χ3v) is 5.20. The van der Waals surface area contributed by atoms with E-state index < -0.39 is 28.9 Å². The van der Waals surface area contributed by atoms with E-state index in [1.807, 2.05) is 45.9 Å². The van der Waals surface area contributed by atoms with Crippen molar-refractivity contribution >= 4 is 34.1 Å². The second-order valence-electron chi connectivity index (χ2n) is 8.22. The van der Waals surface area contributed by atoms with Crippen LogP contribution in [-0.2, 0) is 16.0 Å². The third-order valence-electron chi connectivity index (χ3n) is 5.20. The Morgan fingerprint density at radius 3 is 2.31 bits per heavy atom. The van der Waals surface area contributed by atoms with Crippen LogP contribution in [0.4, 0.5) is 11.4 Å². The fraction of sp³-hybridized carbons (Fsp3) is 0.304. The molecular weight excluding hydrogens is 412 g/mol. The molecule has 0 aliphatic carbocycles. The molecular formula is C23H26N4O5. The van der Waals surface area contributed by atoms with Crippen LogP contribution in [0.5, 0.6) is 0 Å². The van der Waals surface area contributed by atoms with Crippen LogP contribution in [0.25, 0.3) is 11.0 Å². The lowest BCUT2D eigenvalue weighted by Gasteiger charge is -2.19. The monoisotopic (exact) mass is 438 g/mol. The van der Waals surface area contributed by atoms with Gasteiger partial charge in [-0.15, -0.1) is 0 Å². The SMILES string of the molecule is CC(C)c1cccc(C(C)C)c1NC(=O)C(=O)Cc1nc2ccc([NH+]([O-])O)cc2[nH]c1=O. The number of quaternary nitrogens is 1. The van der Waals surface area contributed by atoms with E-state index in [-0.39, 0.29) is 28.7 Å². The molecule has 3 rings (SSSR count). The minimum absolute atomic E-state index is 0.00271. The van der Waals surface area contributed by atoms with E-state index in [0.29, 0.717) is 11.2 Å². The van der Waals surface area contributed by atoms with E-state index in [2.05, 4.69) is 15.3 Å². The average Bonchev–Trinajstić information content (AvgIpc) is 2.73. The molecule has 4 N–H and O–H groups in total. The largest absolute Gasteiger partial charge is 0.595 e. The van der Waals surface area contributed by atoms with Gasteiger partial charge in [-0.25, -0.2) is 10.2 Å². The molecule has 0 aliphatic heterocycles. The number of aromatic nitrogens is 2. The molecule has 2 aromatic carbocycles. The van der Waals surface area contributed by atoms with Gasteiger partial charge in [0.2, 0.25) is 5.78 Å². The van der Waals surface area contributed by atoms with Gasteiger partial charge in [0.05, 0.1) is 17.5 Å². The van der Waals surface area contributed by atoms with Crippen molar-refractivity contribution in [1.29, 1.82) is 0 Å². The number of H-pyrrole nitrogens is 1. The molecule has 9 nitrogen and oxygen atoms in total. The second kappa shape index (κ2) is 9.39. The summed E-state index contributed by atoms with van der Waals surface area (Å²) >= 11 is 0. The number of benzene rings is 2. The van der Waals surface area contributed by atoms with Crippen molar-refractivity contribution in [3.05, 3.63) is 68.8 Å². The number of carbonyl (C=O) groups is 2. The topological polar surface area (TPSA) is 140 Å². The summed E-state index contributed by atoms with van der Waals surface area (Å²) in [5.74, 6) is -1.33. The van der Waals surface area contributed by atoms with E-state index in [1.165, 1.54) is 18.2 Å². The lowest BCUT2D eigenvalue weighted by Crippen LogP contribution is -2.99. The van der Waals surface area contributed by atoms with Crippen LogP contribution in [0, 0.1) is 5.21 Å². The van der Waals surface area contributed by atoms with E-state index in [4.69, 9.17) is 5.21 Å². The van der Waals surface area contributed by atoms with Crippen LogP contribution >= 0.6 is 0 Å². The fourth-order valence-corrected chi connectivity index (χ4v) is 3.49. The summed E-state index contributed by atoms with van der Waals surface area (Å²) < 4.78 is 0. The first-order chi connectivity index (χ1) is 15.1. The van der Waals surface area contributed by atoms with Crippen molar-refractivity contribution in [2.24, 2.45) is 0 Å². The Hall–Kier alpha value is -3.40. The first-order valence-electron chi connectivity index (χ1n) is 10.3. The lowest BCUT2D eigenvalue weighted by molar-refractivity contribution is -0.991. The van der Waals surface area contributed by atoms with Crippen molar-refractivity contribution in [2.45, 2.75) is 46.0 Å². The number of ketones is 1. The molecule has 0 saturated heterocycles. The molecule has 1 unspecified atom stereocenters. The van der Waals surface area contributed by atoms with Gasteiger partial charge in [0.15, 0.2) is 5.69 Å². The zero-order valence-corrected chi connectivity index (χ0v) is 18.4. The molecule has 0 saturated carbocycles. The van der Waals surface area contributed by atoms with E-state index in [0.717, 1.165) is 11.1 Å². The number of hydrogen-bond acceptors (Lipinski definition) is 6. The maximum absolute atomic E-state index is 12.7. The van der Waals surface area contributed by atoms with Gasteiger partial charge in [0.1, 0.15) is 5.69 Å². The number of Topliss-reactive ketones (excluding diaryl/α,β-unsaturated/α-hetero) is 1. The molecule has 1 amide bonds. The Morgan fingerprint density at radius 2 is 1.75 bits per heavy atom. The Labute approximate surface area is 184 Å². The van der Waals surface area contributed by atoms with Crippen molar-refractivity contribution in [1.82, 2.24) is 9.97 Å². The molecule has 0 spiro atoms. The zero-order valence-electron chi connectivity index (χ0n) is 18.4. The summed E-state index contributed by atoms with van der Waals surface area (Å²) in [5.41, 5.74) is 2.28. The first kappa shape index (κ1) is 23.3. The highest BCUT2D eigenvalue weighted by Crippen LogP contribution is 2.32. The highest BCUT2D eigenvalue weighted by atomic mass is 16.8. The smallest absolute Gasteiger partial charge is 0.292 e. The standard InChI is InChI=1S/C23H26N4O5/c1-12(2)15-6-5-7-16(13(3)4)21(15)26-23(30)20(28)11-19-22(29)25-18-10-14(27(31)32)8-9-17(18)24-19/h5-10,12-13,27,31H,11H2,1-4H3,(H,25,29)(H,26,30). The Bertz CT molecular complexity index is 1200. The number of nitrogens with one attached hydrogen (secondary N) is 3. The third kappa shape index (κ3) is 4.91. The minimum atomic E-state index is -1.13. The number of anilines is 1. The molecule has 168 valence electrons. The van der Waals surface area contributed by atoms with Gasteiger partial charge >= 0.3 is 0 Å². The molecule has 3 aromatic rings. The Morgan fingerprint density at radius 1 is 1.12 bits per heavy atom. The summed E-state index contributed by atoms with van der Waals surface area (Å²) in [7, 11) is 0. The number of hydrogen-bond donors (Lipinski definition) is 4. The number of rotatable bonds is 7. The van der Waals surface area contributed by atoms with Crippen LogP contribution in [-0.4, -0.2) is 26.9 Å². The first-order valence-corrected chi connectivity index (χ1v) is 10.3. The van der Waals surface area contributed by atoms with Crippen LogP contribution in [0.2, 0.25) is 0 Å². The molecule has 32 heavy (non-hydrogen) atoms. The van der Waals surface area contributed by atoms with E-state index >= 15 is 0 Å². The van der Waals surface area contributed by atoms with Gasteiger partial charge < -0.3 is 15.5 Å². The number of carbonyl (C=O) groups excluding carboxylic acids is 2. The van der Waals surface area contributed by atoms with Gasteiger partial charge in [-0.1, -0.05) is 45.9 Å². The van der Waals surface area contributed by atoms with Crippen LogP contribution in [0.3, 0.4) is 0 Å².